The van der Waals surface area contributed by atoms with Crippen molar-refractivity contribution in [3.8, 4) is 23.0 Å². The minimum Gasteiger partial charge on any atom is -0.497 e. The lowest BCUT2D eigenvalue weighted by molar-refractivity contribution is 0.213. The molecule has 0 saturated carbocycles. The molecule has 0 aliphatic carbocycles. The number of carbonyl (C=O) groups excluding carboxylic acids is 1. The van der Waals surface area contributed by atoms with Crippen LogP contribution in [0.3, 0.4) is 0 Å². The molecule has 0 radical (unpaired) electrons. The molecule has 3 rings (SSSR count). The van der Waals surface area contributed by atoms with Crippen molar-refractivity contribution in [2.45, 2.75) is 5.37 Å². The molecule has 2 aromatic rings. The predicted molar refractivity (Wildman–Crippen MR) is 110 cm³/mol. The Hall–Kier alpha value is -2.74. The van der Waals surface area contributed by atoms with Gasteiger partial charge in [-0.2, -0.15) is 0 Å². The Morgan fingerprint density at radius 3 is 2.25 bits per heavy atom. The average Bonchev–Trinajstić information content (AvgIpc) is 3.23. The van der Waals surface area contributed by atoms with Crippen molar-refractivity contribution in [1.82, 2.24) is 4.90 Å². The summed E-state index contributed by atoms with van der Waals surface area (Å²) in [6.45, 7) is 0.634. The molecule has 0 spiro atoms. The van der Waals surface area contributed by atoms with E-state index in [1.165, 1.54) is 0 Å². The van der Waals surface area contributed by atoms with Crippen LogP contribution in [0.1, 0.15) is 10.9 Å². The second-order valence-electron chi connectivity index (χ2n) is 6.02. The molecule has 1 atom stereocenters. The van der Waals surface area contributed by atoms with Gasteiger partial charge in [0.05, 0.1) is 34.1 Å². The topological polar surface area (TPSA) is 69.3 Å². The van der Waals surface area contributed by atoms with E-state index < -0.39 is 0 Å². The van der Waals surface area contributed by atoms with E-state index in [4.69, 9.17) is 18.9 Å². The first kappa shape index (κ1) is 20.0. The van der Waals surface area contributed by atoms with Crippen molar-refractivity contribution in [1.29, 1.82) is 0 Å². The van der Waals surface area contributed by atoms with Crippen LogP contribution in [0.15, 0.2) is 36.4 Å². The van der Waals surface area contributed by atoms with Gasteiger partial charge in [-0.25, -0.2) is 4.79 Å². The largest absolute Gasteiger partial charge is 0.497 e. The molecule has 8 heteroatoms. The first-order valence-electron chi connectivity index (χ1n) is 8.74. The first-order chi connectivity index (χ1) is 13.6. The highest BCUT2D eigenvalue weighted by Crippen LogP contribution is 2.43. The van der Waals surface area contributed by atoms with E-state index in [1.54, 1.807) is 63.3 Å². The first-order valence-corrected chi connectivity index (χ1v) is 9.79. The van der Waals surface area contributed by atoms with Crippen LogP contribution in [0, 0.1) is 0 Å². The molecule has 0 bridgehead atoms. The molecular formula is C20H24N2O5S. The summed E-state index contributed by atoms with van der Waals surface area (Å²) < 4.78 is 21.4. The Morgan fingerprint density at radius 1 is 0.964 bits per heavy atom. The SMILES string of the molecule is COc1ccc(NC(=O)N2CCS[C@H]2c2ccc(OC)cc2OC)c(OC)c1. The van der Waals surface area contributed by atoms with E-state index in [9.17, 15) is 4.79 Å². The highest BCUT2D eigenvalue weighted by molar-refractivity contribution is 7.99. The summed E-state index contributed by atoms with van der Waals surface area (Å²) >= 11 is 1.69. The zero-order chi connectivity index (χ0) is 20.1. The highest BCUT2D eigenvalue weighted by Gasteiger charge is 2.33. The lowest BCUT2D eigenvalue weighted by Gasteiger charge is -2.26. The molecule has 150 valence electrons. The number of urea groups is 1. The molecule has 1 fully saturated rings. The fourth-order valence-electron chi connectivity index (χ4n) is 3.05. The van der Waals surface area contributed by atoms with Gasteiger partial charge in [0.1, 0.15) is 28.4 Å². The summed E-state index contributed by atoms with van der Waals surface area (Å²) in [4.78, 5) is 14.8. The molecule has 2 aromatic carbocycles. The van der Waals surface area contributed by atoms with E-state index in [0.717, 1.165) is 11.3 Å². The molecule has 1 aliphatic rings. The maximum absolute atomic E-state index is 13.0. The fraction of sp³-hybridized carbons (Fsp3) is 0.350. The van der Waals surface area contributed by atoms with Gasteiger partial charge in [0.15, 0.2) is 0 Å². The van der Waals surface area contributed by atoms with Gasteiger partial charge in [0.25, 0.3) is 0 Å². The second-order valence-corrected chi connectivity index (χ2v) is 7.21. The molecule has 1 heterocycles. The van der Waals surface area contributed by atoms with Crippen LogP contribution in [-0.2, 0) is 0 Å². The number of thioether (sulfide) groups is 1. The Kier molecular flexibility index (Phi) is 6.41. The molecule has 7 nitrogen and oxygen atoms in total. The van der Waals surface area contributed by atoms with E-state index >= 15 is 0 Å². The number of hydrogen-bond donors (Lipinski definition) is 1. The highest BCUT2D eigenvalue weighted by atomic mass is 32.2. The van der Waals surface area contributed by atoms with Gasteiger partial charge in [0, 0.05) is 30.0 Å². The van der Waals surface area contributed by atoms with E-state index in [0.29, 0.717) is 35.2 Å². The number of hydrogen-bond acceptors (Lipinski definition) is 6. The zero-order valence-corrected chi connectivity index (χ0v) is 17.2. The maximum atomic E-state index is 13.0. The van der Waals surface area contributed by atoms with Gasteiger partial charge in [-0.3, -0.25) is 0 Å². The minimum atomic E-state index is -0.198. The van der Waals surface area contributed by atoms with Crippen molar-refractivity contribution in [3.63, 3.8) is 0 Å². The summed E-state index contributed by atoms with van der Waals surface area (Å²) in [5.74, 6) is 3.44. The summed E-state index contributed by atoms with van der Waals surface area (Å²) in [6.07, 6.45) is 0. The standard InChI is InChI=1S/C20H24N2O5S/c1-24-13-5-7-15(17(11-13)26-3)19-22(9-10-28-19)20(23)21-16-8-6-14(25-2)12-18(16)27-4/h5-8,11-12,19H,9-10H2,1-4H3,(H,21,23)/t19-/m0/s1. The number of ether oxygens (including phenoxy) is 4. The zero-order valence-electron chi connectivity index (χ0n) is 16.4. The van der Waals surface area contributed by atoms with Gasteiger partial charge < -0.3 is 29.2 Å². The third-order valence-corrected chi connectivity index (χ3v) is 5.75. The third kappa shape index (κ3) is 4.06. The van der Waals surface area contributed by atoms with Crippen molar-refractivity contribution < 1.29 is 23.7 Å². The van der Waals surface area contributed by atoms with E-state index in [2.05, 4.69) is 5.32 Å². The lowest BCUT2D eigenvalue weighted by atomic mass is 10.1. The number of carbonyl (C=O) groups is 1. The van der Waals surface area contributed by atoms with Crippen LogP contribution in [0.5, 0.6) is 23.0 Å². The Balaban J connectivity index is 1.82. The molecular weight excluding hydrogens is 380 g/mol. The molecule has 1 aliphatic heterocycles. The van der Waals surface area contributed by atoms with Gasteiger partial charge in [-0.1, -0.05) is 0 Å². The Labute approximate surface area is 168 Å². The van der Waals surface area contributed by atoms with Crippen LogP contribution < -0.4 is 24.3 Å². The molecule has 28 heavy (non-hydrogen) atoms. The fourth-order valence-corrected chi connectivity index (χ4v) is 4.33. The Bertz CT molecular complexity index is 845. The number of anilines is 1. The Morgan fingerprint density at radius 2 is 1.61 bits per heavy atom. The van der Waals surface area contributed by atoms with Crippen molar-refractivity contribution in [2.24, 2.45) is 0 Å². The number of nitrogens with one attached hydrogen (secondary N) is 1. The smallest absolute Gasteiger partial charge is 0.323 e. The normalized spacial score (nSPS) is 15.9. The lowest BCUT2D eigenvalue weighted by Crippen LogP contribution is -2.34. The summed E-state index contributed by atoms with van der Waals surface area (Å²) in [6, 6.07) is 10.7. The molecule has 2 amide bonds. The van der Waals surface area contributed by atoms with Gasteiger partial charge in [0.2, 0.25) is 0 Å². The number of rotatable bonds is 6. The van der Waals surface area contributed by atoms with Crippen molar-refractivity contribution >= 4 is 23.5 Å². The van der Waals surface area contributed by atoms with Crippen LogP contribution in [0.25, 0.3) is 0 Å². The van der Waals surface area contributed by atoms with Crippen LogP contribution in [0.4, 0.5) is 10.5 Å². The predicted octanol–water partition coefficient (Wildman–Crippen LogP) is 4.00. The van der Waals surface area contributed by atoms with Crippen molar-refractivity contribution in [3.05, 3.63) is 42.0 Å². The van der Waals surface area contributed by atoms with Crippen LogP contribution in [0.2, 0.25) is 0 Å². The van der Waals surface area contributed by atoms with Crippen LogP contribution in [-0.4, -0.2) is 51.7 Å². The summed E-state index contributed by atoms with van der Waals surface area (Å²) in [5, 5.41) is 2.79. The number of benzene rings is 2. The average molecular weight is 404 g/mol. The van der Waals surface area contributed by atoms with E-state index in [-0.39, 0.29) is 11.4 Å². The molecule has 1 N–H and O–H groups in total. The number of amides is 2. The van der Waals surface area contributed by atoms with E-state index in [1.807, 2.05) is 18.2 Å². The summed E-state index contributed by atoms with van der Waals surface area (Å²) in [5.41, 5.74) is 1.52. The van der Waals surface area contributed by atoms with Gasteiger partial charge in [-0.15, -0.1) is 11.8 Å². The van der Waals surface area contributed by atoms with Crippen molar-refractivity contribution in [2.75, 3.05) is 46.1 Å². The van der Waals surface area contributed by atoms with Crippen LogP contribution >= 0.6 is 11.8 Å². The third-order valence-electron chi connectivity index (χ3n) is 4.51. The quantitative estimate of drug-likeness (QED) is 0.785. The second kappa shape index (κ2) is 8.97. The number of methoxy groups -OCH3 is 4. The van der Waals surface area contributed by atoms with Gasteiger partial charge in [-0.05, 0) is 24.3 Å². The summed E-state index contributed by atoms with van der Waals surface area (Å²) in [7, 11) is 6.37. The van der Waals surface area contributed by atoms with Gasteiger partial charge >= 0.3 is 6.03 Å². The molecule has 0 unspecified atom stereocenters. The number of nitrogens with zero attached hydrogens (tertiary/aromatic N) is 1. The monoisotopic (exact) mass is 404 g/mol. The molecule has 1 saturated heterocycles. The maximum Gasteiger partial charge on any atom is 0.323 e. The minimum absolute atomic E-state index is 0.148. The molecule has 0 aromatic heterocycles.